The fourth-order valence-corrected chi connectivity index (χ4v) is 16.3. The van der Waals surface area contributed by atoms with Gasteiger partial charge in [0.1, 0.15) is 0 Å². The monoisotopic (exact) mass is 304 g/mol. The Kier molecular flexibility index (Phi) is 9.42. The normalized spacial score (nSPS) is 11.8. The summed E-state index contributed by atoms with van der Waals surface area (Å²) >= 11 is 14.0. The average Bonchev–Trinajstić information content (AvgIpc) is 1.78. The van der Waals surface area contributed by atoms with Gasteiger partial charge in [-0.2, -0.15) is 0 Å². The Morgan fingerprint density at radius 1 is 1.20 bits per heavy atom. The van der Waals surface area contributed by atoms with Gasteiger partial charge >= 0.3 is 0 Å². The summed E-state index contributed by atoms with van der Waals surface area (Å²) in [5.74, 6) is 0. The van der Waals surface area contributed by atoms with Crippen LogP contribution in [0.2, 0.25) is 0 Å². The van der Waals surface area contributed by atoms with Gasteiger partial charge in [0.05, 0.1) is 0 Å². The van der Waals surface area contributed by atoms with E-state index in [1.165, 1.54) is 9.83 Å². The lowest BCUT2D eigenvalue weighted by molar-refractivity contribution is 2.53. The molecule has 0 aliphatic carbocycles. The molecule has 0 bridgehead atoms. The van der Waals surface area contributed by atoms with Gasteiger partial charge in [0.2, 0.25) is 0 Å². The largest absolute Gasteiger partial charge is 0.0988 e. The Morgan fingerprint density at radius 2 is 1.80 bits per heavy atom. The van der Waals surface area contributed by atoms with Gasteiger partial charge < -0.3 is 0 Å². The first-order chi connectivity index (χ1) is 4.56. The van der Waals surface area contributed by atoms with E-state index in [0.29, 0.717) is 0 Å². The van der Waals surface area contributed by atoms with Gasteiger partial charge in [-0.3, -0.25) is 0 Å². The SMILES string of the molecule is CS(=S)(=S)SSSSSS. The van der Waals surface area contributed by atoms with Crippen molar-refractivity contribution < 1.29 is 0 Å². The molecule has 0 unspecified atom stereocenters. The molecule has 0 fully saturated rings. The molecule has 10 heavy (non-hydrogen) atoms. The lowest BCUT2D eigenvalue weighted by Gasteiger charge is -1.97. The Bertz CT molecular complexity index is 152. The molecule has 0 aromatic heterocycles. The third kappa shape index (κ3) is 10.9. The Balaban J connectivity index is 3.21. The van der Waals surface area contributed by atoms with E-state index in [0.717, 1.165) is 0 Å². The smallest absolute Gasteiger partial charge is 0.000468 e. The van der Waals surface area contributed by atoms with E-state index < -0.39 is 6.18 Å². The molecular formula is CH4S9. The van der Waals surface area contributed by atoms with Crippen LogP contribution in [-0.4, -0.2) is 6.26 Å². The van der Waals surface area contributed by atoms with Crippen molar-refractivity contribution in [2.24, 2.45) is 0 Å². The van der Waals surface area contributed by atoms with E-state index in [2.05, 4.69) is 11.7 Å². The Hall–Kier alpha value is 2.89. The van der Waals surface area contributed by atoms with Crippen LogP contribution in [0.3, 0.4) is 0 Å². The summed E-state index contributed by atoms with van der Waals surface area (Å²) in [5.41, 5.74) is 0. The van der Waals surface area contributed by atoms with Crippen molar-refractivity contribution in [3.8, 4) is 0 Å². The molecule has 0 radical (unpaired) electrons. The number of rotatable bonds is 5. The molecule has 0 nitrogen and oxygen atoms in total. The van der Waals surface area contributed by atoms with Crippen LogP contribution in [0.5, 0.6) is 0 Å². The third-order valence-corrected chi connectivity index (χ3v) is 15.6. The fraction of sp³-hybridized carbons (Fsp3) is 1.00. The van der Waals surface area contributed by atoms with Crippen LogP contribution in [0.1, 0.15) is 0 Å². The summed E-state index contributed by atoms with van der Waals surface area (Å²) in [6.45, 7) is 0. The topological polar surface area (TPSA) is 0 Å². The highest BCUT2D eigenvalue weighted by molar-refractivity contribution is 9.46. The van der Waals surface area contributed by atoms with Gasteiger partial charge in [-0.1, -0.05) is 11.7 Å². The van der Waals surface area contributed by atoms with Gasteiger partial charge in [-0.05, 0) is 77.7 Å². The molecule has 9 heteroatoms. The highest BCUT2D eigenvalue weighted by atomic mass is 34.0. The Morgan fingerprint density at radius 3 is 2.20 bits per heavy atom. The minimum absolute atomic E-state index is 1.23. The molecule has 0 aliphatic rings. The number of hydrogen-bond acceptors (Lipinski definition) is 8. The van der Waals surface area contributed by atoms with E-state index in [4.69, 9.17) is 22.4 Å². The van der Waals surface area contributed by atoms with E-state index in [1.54, 1.807) is 39.3 Å². The van der Waals surface area contributed by atoms with Gasteiger partial charge in [0.15, 0.2) is 0 Å². The van der Waals surface area contributed by atoms with Gasteiger partial charge in [0.25, 0.3) is 0 Å². The van der Waals surface area contributed by atoms with E-state index in [1.807, 2.05) is 6.26 Å². The molecule has 0 aliphatic heterocycles. The van der Waals surface area contributed by atoms with Crippen molar-refractivity contribution in [2.45, 2.75) is 0 Å². The van der Waals surface area contributed by atoms with Crippen LogP contribution in [0.4, 0.5) is 0 Å². The molecule has 0 amide bonds. The summed E-state index contributed by atoms with van der Waals surface area (Å²) in [6, 6.07) is 0. The zero-order valence-electron chi connectivity index (χ0n) is 4.71. The van der Waals surface area contributed by atoms with Crippen molar-refractivity contribution in [3.05, 3.63) is 0 Å². The zero-order valence-corrected chi connectivity index (χ0v) is 12.1. The van der Waals surface area contributed by atoms with Crippen molar-refractivity contribution in [3.63, 3.8) is 0 Å². The molecule has 0 saturated carbocycles. The van der Waals surface area contributed by atoms with Crippen molar-refractivity contribution in [1.29, 1.82) is 0 Å². The van der Waals surface area contributed by atoms with E-state index in [9.17, 15) is 0 Å². The summed E-state index contributed by atoms with van der Waals surface area (Å²) in [7, 11) is 7.93. The molecule has 0 N–H and O–H groups in total. The van der Waals surface area contributed by atoms with Crippen LogP contribution in [0, 0.1) is 0 Å². The van der Waals surface area contributed by atoms with Crippen molar-refractivity contribution in [1.82, 2.24) is 0 Å². The summed E-state index contributed by atoms with van der Waals surface area (Å²) in [5, 5.41) is 0. The maximum atomic E-state index is 5.03. The average molecular weight is 305 g/mol. The van der Waals surface area contributed by atoms with Crippen LogP contribution in [-0.2, 0) is 28.6 Å². The minimum Gasteiger partial charge on any atom is -0.0988 e. The van der Waals surface area contributed by atoms with Crippen molar-refractivity contribution in [2.75, 3.05) is 6.26 Å². The van der Waals surface area contributed by atoms with E-state index >= 15 is 0 Å². The maximum absolute atomic E-state index is 5.03. The van der Waals surface area contributed by atoms with Crippen LogP contribution >= 0.6 is 60.8 Å². The van der Waals surface area contributed by atoms with Gasteiger partial charge in [0, 0.05) is 6.26 Å². The number of hydrogen-bond donors (Lipinski definition) is 1. The highest BCUT2D eigenvalue weighted by Crippen LogP contribution is 2.51. The molecule has 0 rings (SSSR count). The minimum atomic E-state index is -1.23. The fourth-order valence-electron chi connectivity index (χ4n) is 0.0856. The van der Waals surface area contributed by atoms with Gasteiger partial charge in [-0.15, -0.1) is 0 Å². The standard InChI is InChI=1S/CH4S9/c1-10(3,4)9-8-7-6-5-2/h2H,1H3. The molecule has 62 valence electrons. The first-order valence-electron chi connectivity index (χ1n) is 1.76. The first kappa shape index (κ1) is 12.9. The zero-order chi connectivity index (χ0) is 8.04. The van der Waals surface area contributed by atoms with Crippen LogP contribution in [0.25, 0.3) is 0 Å². The van der Waals surface area contributed by atoms with E-state index in [-0.39, 0.29) is 0 Å². The molecule has 0 aromatic rings. The second-order valence-corrected chi connectivity index (χ2v) is 19.4. The summed E-state index contributed by atoms with van der Waals surface area (Å²) in [4.78, 5) is 0. The molecule has 0 aromatic carbocycles. The van der Waals surface area contributed by atoms with Crippen LogP contribution < -0.4 is 0 Å². The predicted octanol–water partition coefficient (Wildman–Crippen LogP) is 3.78. The summed E-state index contributed by atoms with van der Waals surface area (Å²) in [6.07, 6.45) is 0.698. The molecule has 0 saturated heterocycles. The third-order valence-electron chi connectivity index (χ3n) is 0.237. The predicted molar refractivity (Wildman–Crippen MR) is 75.0 cm³/mol. The van der Waals surface area contributed by atoms with Crippen LogP contribution in [0.15, 0.2) is 0 Å². The first-order valence-corrected chi connectivity index (χ1v) is 13.4. The lowest BCUT2D eigenvalue weighted by Crippen LogP contribution is -1.75. The lowest BCUT2D eigenvalue weighted by atomic mass is 12.0. The summed E-state index contributed by atoms with van der Waals surface area (Å²) < 4.78 is 0. The number of thiol groups is 1. The quantitative estimate of drug-likeness (QED) is 0.460. The second-order valence-electron chi connectivity index (χ2n) is 1.05. The molecule has 0 spiro atoms. The second kappa shape index (κ2) is 7.31. The molecule has 0 heterocycles. The maximum Gasteiger partial charge on any atom is 0.000468 e. The Labute approximate surface area is 94.2 Å². The van der Waals surface area contributed by atoms with Crippen molar-refractivity contribution >= 4 is 89.3 Å². The van der Waals surface area contributed by atoms with Gasteiger partial charge in [-0.25, -0.2) is 0 Å². The molecule has 0 atom stereocenters. The highest BCUT2D eigenvalue weighted by Gasteiger charge is 1.95. The molecular weight excluding hydrogens is 301 g/mol.